The van der Waals surface area contributed by atoms with Gasteiger partial charge in [-0.2, -0.15) is 0 Å². The number of ether oxygens (including phenoxy) is 4. The zero-order valence-corrected chi connectivity index (χ0v) is 13.1. The first-order chi connectivity index (χ1) is 12.0. The molecule has 0 bridgehead atoms. The number of primary amides is 1. The Morgan fingerprint density at radius 2 is 1.50 bits per heavy atom. The normalized spacial score (nSPS) is 49.6. The second-order valence-corrected chi connectivity index (χ2v) is 5.80. The van der Waals surface area contributed by atoms with Gasteiger partial charge in [-0.25, -0.2) is 4.79 Å². The fraction of sp³-hybridized carbons (Fsp3) is 0.917. The zero-order valence-electron chi connectivity index (χ0n) is 13.1. The third kappa shape index (κ3) is 3.75. The number of carbonyl (C=O) groups is 1. The number of amides is 1. The first-order valence-corrected chi connectivity index (χ1v) is 7.38. The minimum atomic E-state index is -2.63. The van der Waals surface area contributed by atoms with Crippen molar-refractivity contribution in [2.75, 3.05) is 6.61 Å². The summed E-state index contributed by atoms with van der Waals surface area (Å²) >= 11 is 0. The van der Waals surface area contributed by atoms with Crippen LogP contribution in [0.15, 0.2) is 0 Å². The molecule has 2 saturated heterocycles. The second kappa shape index (κ2) is 7.83. The van der Waals surface area contributed by atoms with Gasteiger partial charge in [0.15, 0.2) is 25.0 Å². The van der Waals surface area contributed by atoms with Crippen LogP contribution >= 0.6 is 0 Å². The minimum Gasteiger partial charge on any atom is -0.411 e. The van der Waals surface area contributed by atoms with Crippen LogP contribution in [-0.4, -0.2) is 115 Å². The Hall–Kier alpha value is -1.17. The standard InChI is InChI=1S/C12H21NO13/c13-11(22)26-12(1-14)7(3(16)5(18)9(21)25-12)23-10-6(19)2(15)4(17)8(20)24-10/h2-10,14-21H,1H2,(H2,13,22)/t2-,3-,4-,5+,6+,7-,8-,9+,10+,12+/m0/s1. The van der Waals surface area contributed by atoms with E-state index in [2.05, 4.69) is 4.74 Å². The molecule has 0 saturated carbocycles. The summed E-state index contributed by atoms with van der Waals surface area (Å²) in [6.45, 7) is -1.22. The van der Waals surface area contributed by atoms with E-state index in [1.807, 2.05) is 0 Å². The maximum absolute atomic E-state index is 11.1. The van der Waals surface area contributed by atoms with Gasteiger partial charge in [0.2, 0.25) is 0 Å². The lowest BCUT2D eigenvalue weighted by Crippen LogP contribution is -2.70. The van der Waals surface area contributed by atoms with Crippen LogP contribution in [0, 0.1) is 0 Å². The van der Waals surface area contributed by atoms with Crippen LogP contribution in [0.5, 0.6) is 0 Å². The Labute approximate surface area is 145 Å². The lowest BCUT2D eigenvalue weighted by atomic mass is 9.95. The van der Waals surface area contributed by atoms with Gasteiger partial charge in [0.1, 0.15) is 37.1 Å². The Balaban J connectivity index is 2.30. The molecular formula is C12H21NO13. The monoisotopic (exact) mass is 387 g/mol. The molecule has 0 radical (unpaired) electrons. The third-order valence-corrected chi connectivity index (χ3v) is 4.02. The first-order valence-electron chi connectivity index (χ1n) is 7.38. The van der Waals surface area contributed by atoms with E-state index in [4.69, 9.17) is 19.9 Å². The molecular weight excluding hydrogens is 366 g/mol. The Morgan fingerprint density at radius 1 is 0.923 bits per heavy atom. The highest BCUT2D eigenvalue weighted by atomic mass is 16.8. The highest BCUT2D eigenvalue weighted by Crippen LogP contribution is 2.35. The lowest BCUT2D eigenvalue weighted by molar-refractivity contribution is -0.425. The van der Waals surface area contributed by atoms with Gasteiger partial charge >= 0.3 is 6.09 Å². The van der Waals surface area contributed by atoms with Gasteiger partial charge in [0, 0.05) is 0 Å². The Kier molecular flexibility index (Phi) is 6.36. The van der Waals surface area contributed by atoms with Crippen molar-refractivity contribution in [3.05, 3.63) is 0 Å². The summed E-state index contributed by atoms with van der Waals surface area (Å²) in [4.78, 5) is 11.1. The average molecular weight is 387 g/mol. The number of aliphatic hydroxyl groups is 8. The van der Waals surface area contributed by atoms with Crippen molar-refractivity contribution in [1.29, 1.82) is 0 Å². The Bertz CT molecular complexity index is 508. The maximum atomic E-state index is 11.1. The van der Waals surface area contributed by atoms with Crippen LogP contribution in [0.25, 0.3) is 0 Å². The molecule has 0 spiro atoms. The highest BCUT2D eigenvalue weighted by molar-refractivity contribution is 5.65. The fourth-order valence-corrected chi connectivity index (χ4v) is 2.63. The van der Waals surface area contributed by atoms with E-state index in [9.17, 15) is 45.6 Å². The molecule has 0 unspecified atom stereocenters. The summed E-state index contributed by atoms with van der Waals surface area (Å²) < 4.78 is 19.3. The topological polar surface area (TPSA) is 242 Å². The van der Waals surface area contributed by atoms with Crippen molar-refractivity contribution in [2.45, 2.75) is 61.3 Å². The molecule has 2 aliphatic rings. The largest absolute Gasteiger partial charge is 0.411 e. The van der Waals surface area contributed by atoms with Crippen LogP contribution in [0.4, 0.5) is 4.79 Å². The molecule has 0 aromatic heterocycles. The van der Waals surface area contributed by atoms with Crippen molar-refractivity contribution >= 4 is 6.09 Å². The number of nitrogens with two attached hydrogens (primary N) is 1. The van der Waals surface area contributed by atoms with Crippen molar-refractivity contribution < 1.29 is 64.6 Å². The maximum Gasteiger partial charge on any atom is 0.407 e. The molecule has 2 heterocycles. The summed E-state index contributed by atoms with van der Waals surface area (Å²) in [7, 11) is 0. The molecule has 2 fully saturated rings. The quantitative estimate of drug-likeness (QED) is 0.218. The van der Waals surface area contributed by atoms with Gasteiger partial charge < -0.3 is 65.5 Å². The van der Waals surface area contributed by atoms with E-state index in [0.29, 0.717) is 0 Å². The van der Waals surface area contributed by atoms with Crippen molar-refractivity contribution in [2.24, 2.45) is 5.73 Å². The third-order valence-electron chi connectivity index (χ3n) is 4.02. The first kappa shape index (κ1) is 21.1. The van der Waals surface area contributed by atoms with Crippen LogP contribution in [-0.2, 0) is 18.9 Å². The molecule has 10 atom stereocenters. The zero-order chi connectivity index (χ0) is 19.8. The number of hydrogen-bond donors (Lipinski definition) is 9. The summed E-state index contributed by atoms with van der Waals surface area (Å²) in [5.41, 5.74) is 4.87. The van der Waals surface area contributed by atoms with E-state index < -0.39 is 74.0 Å². The molecule has 0 aliphatic carbocycles. The SMILES string of the molecule is NC(=O)O[C@@]1(CO)O[C@@H](O)[C@H](O)[C@H](O)[C@@H]1O[C@@H]1O[C@H](O)[C@@H](O)[C@H](O)[C@H]1O. The van der Waals surface area contributed by atoms with E-state index in [1.165, 1.54) is 0 Å². The number of rotatable bonds is 4. The van der Waals surface area contributed by atoms with Crippen LogP contribution in [0.3, 0.4) is 0 Å². The van der Waals surface area contributed by atoms with Crippen molar-refractivity contribution in [3.63, 3.8) is 0 Å². The molecule has 0 aromatic carbocycles. The highest BCUT2D eigenvalue weighted by Gasteiger charge is 2.59. The average Bonchev–Trinajstić information content (AvgIpc) is 2.58. The number of carbonyl (C=O) groups excluding carboxylic acids is 1. The van der Waals surface area contributed by atoms with E-state index in [1.54, 1.807) is 0 Å². The number of aliphatic hydroxyl groups excluding tert-OH is 8. The van der Waals surface area contributed by atoms with Crippen LogP contribution in [0.1, 0.15) is 0 Å². The summed E-state index contributed by atoms with van der Waals surface area (Å²) in [6, 6.07) is 0. The van der Waals surface area contributed by atoms with Gasteiger partial charge in [0.05, 0.1) is 0 Å². The van der Waals surface area contributed by atoms with Gasteiger partial charge in [-0.05, 0) is 0 Å². The van der Waals surface area contributed by atoms with Crippen LogP contribution < -0.4 is 5.73 Å². The van der Waals surface area contributed by atoms with Gasteiger partial charge in [0.25, 0.3) is 5.79 Å². The number of hydrogen-bond acceptors (Lipinski definition) is 13. The molecule has 10 N–H and O–H groups in total. The smallest absolute Gasteiger partial charge is 0.407 e. The molecule has 14 heteroatoms. The summed E-state index contributed by atoms with van der Waals surface area (Å²) in [6.07, 6.45) is -19.4. The Morgan fingerprint density at radius 3 is 2.04 bits per heavy atom. The van der Waals surface area contributed by atoms with Crippen molar-refractivity contribution in [1.82, 2.24) is 0 Å². The van der Waals surface area contributed by atoms with Gasteiger partial charge in [-0.15, -0.1) is 0 Å². The van der Waals surface area contributed by atoms with E-state index >= 15 is 0 Å². The predicted molar refractivity (Wildman–Crippen MR) is 73.4 cm³/mol. The van der Waals surface area contributed by atoms with Gasteiger partial charge in [-0.3, -0.25) is 0 Å². The lowest BCUT2D eigenvalue weighted by Gasteiger charge is -2.48. The molecule has 14 nitrogen and oxygen atoms in total. The predicted octanol–water partition coefficient (Wildman–Crippen LogP) is -6.02. The molecule has 2 rings (SSSR count). The summed E-state index contributed by atoms with van der Waals surface area (Å²) in [5.74, 6) is -2.63. The second-order valence-electron chi connectivity index (χ2n) is 5.80. The summed E-state index contributed by atoms with van der Waals surface area (Å²) in [5, 5.41) is 77.4. The van der Waals surface area contributed by atoms with E-state index in [-0.39, 0.29) is 0 Å². The molecule has 1 amide bonds. The van der Waals surface area contributed by atoms with Crippen LogP contribution in [0.2, 0.25) is 0 Å². The molecule has 152 valence electrons. The fourth-order valence-electron chi connectivity index (χ4n) is 2.63. The van der Waals surface area contributed by atoms with E-state index in [0.717, 1.165) is 0 Å². The molecule has 0 aromatic rings. The van der Waals surface area contributed by atoms with Gasteiger partial charge in [-0.1, -0.05) is 0 Å². The molecule has 26 heavy (non-hydrogen) atoms. The minimum absolute atomic E-state index is 1.22. The van der Waals surface area contributed by atoms with Crippen molar-refractivity contribution in [3.8, 4) is 0 Å². The molecule has 2 aliphatic heterocycles.